The van der Waals surface area contributed by atoms with Crippen LogP contribution in [0.25, 0.3) is 0 Å². The topological polar surface area (TPSA) is 95.1 Å². The third-order valence-electron chi connectivity index (χ3n) is 5.71. The maximum atomic E-state index is 12.7. The van der Waals surface area contributed by atoms with Crippen molar-refractivity contribution < 1.29 is 14.3 Å². The number of rotatable bonds is 9. The highest BCUT2D eigenvalue weighted by molar-refractivity contribution is 5.81. The molecule has 0 radical (unpaired) electrons. The van der Waals surface area contributed by atoms with Gasteiger partial charge in [0.15, 0.2) is 5.96 Å². The van der Waals surface area contributed by atoms with E-state index < -0.39 is 6.09 Å². The Labute approximate surface area is 181 Å². The lowest BCUT2D eigenvalue weighted by atomic mass is 10.0. The van der Waals surface area contributed by atoms with Gasteiger partial charge in [0.25, 0.3) is 0 Å². The van der Waals surface area contributed by atoms with E-state index in [0.29, 0.717) is 25.0 Å². The van der Waals surface area contributed by atoms with Gasteiger partial charge in [-0.1, -0.05) is 26.7 Å². The van der Waals surface area contributed by atoms with Gasteiger partial charge in [0.1, 0.15) is 0 Å². The molecule has 0 aromatic carbocycles. The molecule has 2 fully saturated rings. The lowest BCUT2D eigenvalue weighted by Gasteiger charge is -2.22. The number of hydrogen-bond donors (Lipinski definition) is 3. The van der Waals surface area contributed by atoms with Crippen LogP contribution in [0.2, 0.25) is 0 Å². The summed E-state index contributed by atoms with van der Waals surface area (Å²) in [6.07, 6.45) is 5.81. The average molecular weight is 424 g/mol. The summed E-state index contributed by atoms with van der Waals surface area (Å²) in [6.45, 7) is 11.2. The van der Waals surface area contributed by atoms with Gasteiger partial charge in [-0.15, -0.1) is 0 Å². The molecule has 3 N–H and O–H groups in total. The number of carbonyl (C=O) groups is 2. The van der Waals surface area contributed by atoms with E-state index in [0.717, 1.165) is 51.3 Å². The van der Waals surface area contributed by atoms with Gasteiger partial charge >= 0.3 is 6.09 Å². The minimum absolute atomic E-state index is 0.0801. The molecule has 172 valence electrons. The maximum Gasteiger partial charge on any atom is 0.407 e. The number of ether oxygens (including phenoxy) is 1. The normalized spacial score (nSPS) is 21.0. The number of aliphatic imine (C=N–C) groups is 1. The quantitative estimate of drug-likeness (QED) is 0.391. The molecular formula is C22H41N5O3. The molecule has 0 bridgehead atoms. The van der Waals surface area contributed by atoms with E-state index in [1.54, 1.807) is 6.92 Å². The molecule has 2 rings (SSSR count). The predicted octanol–water partition coefficient (Wildman–Crippen LogP) is 2.49. The molecule has 1 heterocycles. The smallest absolute Gasteiger partial charge is 0.407 e. The molecular weight excluding hydrogens is 382 g/mol. The van der Waals surface area contributed by atoms with E-state index in [9.17, 15) is 9.59 Å². The largest absolute Gasteiger partial charge is 0.450 e. The summed E-state index contributed by atoms with van der Waals surface area (Å²) in [5.74, 6) is 1.73. The minimum Gasteiger partial charge on any atom is -0.450 e. The zero-order valence-electron chi connectivity index (χ0n) is 19.2. The minimum atomic E-state index is -0.395. The first kappa shape index (κ1) is 24.3. The first-order chi connectivity index (χ1) is 14.4. The van der Waals surface area contributed by atoms with Gasteiger partial charge in [-0.05, 0) is 45.4 Å². The van der Waals surface area contributed by atoms with Crippen LogP contribution in [-0.2, 0) is 9.53 Å². The van der Waals surface area contributed by atoms with Crippen molar-refractivity contribution in [2.24, 2.45) is 16.8 Å². The van der Waals surface area contributed by atoms with Gasteiger partial charge in [0.2, 0.25) is 5.91 Å². The Morgan fingerprint density at radius 2 is 1.90 bits per heavy atom. The van der Waals surface area contributed by atoms with E-state index in [-0.39, 0.29) is 18.0 Å². The van der Waals surface area contributed by atoms with Crippen LogP contribution in [0.5, 0.6) is 0 Å². The Morgan fingerprint density at radius 3 is 2.53 bits per heavy atom. The number of nitrogens with one attached hydrogen (secondary N) is 3. The Bertz CT molecular complexity index is 575. The highest BCUT2D eigenvalue weighted by atomic mass is 16.5. The molecule has 0 aromatic heterocycles. The molecule has 1 saturated carbocycles. The third-order valence-corrected chi connectivity index (χ3v) is 5.71. The number of amides is 2. The summed E-state index contributed by atoms with van der Waals surface area (Å²) < 4.78 is 5.02. The molecule has 0 aromatic rings. The number of carbonyl (C=O) groups excluding carboxylic acids is 2. The predicted molar refractivity (Wildman–Crippen MR) is 119 cm³/mol. The second-order valence-electron chi connectivity index (χ2n) is 8.81. The van der Waals surface area contributed by atoms with Crippen molar-refractivity contribution in [1.29, 1.82) is 0 Å². The molecule has 1 saturated heterocycles. The van der Waals surface area contributed by atoms with Crippen molar-refractivity contribution in [1.82, 2.24) is 20.9 Å². The molecule has 2 aliphatic rings. The van der Waals surface area contributed by atoms with Crippen LogP contribution in [0.3, 0.4) is 0 Å². The lowest BCUT2D eigenvalue weighted by Crippen LogP contribution is -2.46. The van der Waals surface area contributed by atoms with E-state index in [2.05, 4.69) is 29.8 Å². The van der Waals surface area contributed by atoms with Crippen molar-refractivity contribution in [3.8, 4) is 0 Å². The molecule has 2 amide bonds. The number of alkyl carbamates (subject to hydrolysis) is 1. The van der Waals surface area contributed by atoms with E-state index in [1.807, 2.05) is 11.8 Å². The van der Waals surface area contributed by atoms with E-state index in [1.165, 1.54) is 12.8 Å². The van der Waals surface area contributed by atoms with Gasteiger partial charge in [0, 0.05) is 31.6 Å². The van der Waals surface area contributed by atoms with Crippen LogP contribution in [0, 0.1) is 11.8 Å². The van der Waals surface area contributed by atoms with Gasteiger partial charge in [-0.25, -0.2) is 4.79 Å². The Hall–Kier alpha value is -1.99. The highest BCUT2D eigenvalue weighted by Crippen LogP contribution is 2.27. The molecule has 8 heteroatoms. The second kappa shape index (κ2) is 12.6. The standard InChI is InChI=1S/C22H41N5O3/c1-5-23-21(24-14-19(13-16(3)4)26-22(29)30-6-2)25-18-11-12-27(15-18)20(28)17-9-7-8-10-17/h16-19H,5-15H2,1-4H3,(H,26,29)(H2,23,24,25). The van der Waals surface area contributed by atoms with Gasteiger partial charge in [0.05, 0.1) is 19.2 Å². The fourth-order valence-corrected chi connectivity index (χ4v) is 4.31. The number of likely N-dealkylation sites (tertiary alicyclic amines) is 1. The molecule has 8 nitrogen and oxygen atoms in total. The first-order valence-corrected chi connectivity index (χ1v) is 11.7. The summed E-state index contributed by atoms with van der Waals surface area (Å²) in [7, 11) is 0. The van der Waals surface area contributed by atoms with Crippen molar-refractivity contribution >= 4 is 18.0 Å². The molecule has 2 unspecified atom stereocenters. The van der Waals surface area contributed by atoms with Crippen LogP contribution in [-0.4, -0.2) is 67.7 Å². The molecule has 2 atom stereocenters. The van der Waals surface area contributed by atoms with Crippen LogP contribution < -0.4 is 16.0 Å². The van der Waals surface area contributed by atoms with Crippen molar-refractivity contribution in [2.45, 2.75) is 78.3 Å². The SMILES string of the molecule is CCNC(=NCC(CC(C)C)NC(=O)OCC)NC1CCN(C(=O)C2CCCC2)C1. The van der Waals surface area contributed by atoms with Crippen molar-refractivity contribution in [3.05, 3.63) is 0 Å². The Kier molecular flexibility index (Phi) is 10.2. The van der Waals surface area contributed by atoms with Crippen molar-refractivity contribution in [3.63, 3.8) is 0 Å². The zero-order valence-corrected chi connectivity index (χ0v) is 19.2. The van der Waals surface area contributed by atoms with E-state index >= 15 is 0 Å². The van der Waals surface area contributed by atoms with Crippen molar-refractivity contribution in [2.75, 3.05) is 32.8 Å². The molecule has 30 heavy (non-hydrogen) atoms. The van der Waals surface area contributed by atoms with Crippen LogP contribution in [0.1, 0.15) is 66.2 Å². The summed E-state index contributed by atoms with van der Waals surface area (Å²) in [6, 6.07) is 0.123. The number of nitrogens with zero attached hydrogens (tertiary/aromatic N) is 2. The van der Waals surface area contributed by atoms with Crippen LogP contribution in [0.15, 0.2) is 4.99 Å². The second-order valence-corrected chi connectivity index (χ2v) is 8.81. The summed E-state index contributed by atoms with van der Waals surface area (Å²) in [5.41, 5.74) is 0. The van der Waals surface area contributed by atoms with Gasteiger partial charge in [-0.2, -0.15) is 0 Å². The molecule has 1 aliphatic heterocycles. The fraction of sp³-hybridized carbons (Fsp3) is 0.864. The Morgan fingerprint density at radius 1 is 1.17 bits per heavy atom. The van der Waals surface area contributed by atoms with E-state index in [4.69, 9.17) is 9.73 Å². The monoisotopic (exact) mass is 423 g/mol. The third kappa shape index (κ3) is 8.03. The summed E-state index contributed by atoms with van der Waals surface area (Å²) in [5, 5.41) is 9.68. The van der Waals surface area contributed by atoms with Gasteiger partial charge < -0.3 is 25.6 Å². The van der Waals surface area contributed by atoms with Gasteiger partial charge in [-0.3, -0.25) is 9.79 Å². The number of guanidine groups is 1. The number of hydrogen-bond acceptors (Lipinski definition) is 4. The average Bonchev–Trinajstić information content (AvgIpc) is 3.37. The maximum absolute atomic E-state index is 12.7. The highest BCUT2D eigenvalue weighted by Gasteiger charge is 2.32. The summed E-state index contributed by atoms with van der Waals surface area (Å²) >= 11 is 0. The van der Waals surface area contributed by atoms with Crippen LogP contribution >= 0.6 is 0 Å². The first-order valence-electron chi connectivity index (χ1n) is 11.7. The zero-order chi connectivity index (χ0) is 21.9. The fourth-order valence-electron chi connectivity index (χ4n) is 4.31. The summed E-state index contributed by atoms with van der Waals surface area (Å²) in [4.78, 5) is 31.2. The lowest BCUT2D eigenvalue weighted by molar-refractivity contribution is -0.134. The molecule has 0 spiro atoms. The molecule has 1 aliphatic carbocycles. The van der Waals surface area contributed by atoms with Crippen LogP contribution in [0.4, 0.5) is 4.79 Å². The Balaban J connectivity index is 1.90.